The predicted molar refractivity (Wildman–Crippen MR) is 243 cm³/mol. The second-order valence-corrected chi connectivity index (χ2v) is 17.8. The van der Waals surface area contributed by atoms with Crippen LogP contribution >= 0.6 is 0 Å². The fraction of sp³-hybridized carbons (Fsp3) is 0.176. The molecule has 10 rings (SSSR count). The molecule has 0 atom stereocenters. The van der Waals surface area contributed by atoms with Crippen molar-refractivity contribution in [3.63, 3.8) is 0 Å². The first-order chi connectivity index (χ1) is 30.8. The summed E-state index contributed by atoms with van der Waals surface area (Å²) in [6, 6.07) is 30.1. The van der Waals surface area contributed by atoms with E-state index in [-0.39, 0.29) is 69.9 Å². The number of imide groups is 2. The molecule has 320 valence electrons. The molecule has 8 aromatic rings. The van der Waals surface area contributed by atoms with E-state index in [9.17, 15) is 27.7 Å². The Morgan fingerprint density at radius 2 is 1.16 bits per heavy atom. The smallest absolute Gasteiger partial charge is 0.294 e. The first-order valence-electron chi connectivity index (χ1n) is 21.1. The van der Waals surface area contributed by atoms with Gasteiger partial charge in [-0.2, -0.15) is 8.42 Å². The summed E-state index contributed by atoms with van der Waals surface area (Å²) in [4.78, 5) is 61.1. The molecule has 2 aliphatic rings. The molecule has 0 saturated carbocycles. The van der Waals surface area contributed by atoms with Crippen molar-refractivity contribution >= 4 is 82.5 Å². The van der Waals surface area contributed by atoms with Gasteiger partial charge < -0.3 is 14.6 Å². The lowest BCUT2D eigenvalue weighted by molar-refractivity contribution is 0.0600. The Balaban J connectivity index is 1.33. The van der Waals surface area contributed by atoms with Gasteiger partial charge in [-0.25, -0.2) is 4.90 Å². The maximum atomic E-state index is 15.3. The molecule has 12 nitrogen and oxygen atoms in total. The third-order valence-corrected chi connectivity index (χ3v) is 13.1. The van der Waals surface area contributed by atoms with Crippen molar-refractivity contribution in [2.75, 3.05) is 18.1 Å². The highest BCUT2D eigenvalue weighted by atomic mass is 32.2. The summed E-state index contributed by atoms with van der Waals surface area (Å²) in [5, 5.41) is 13.5. The molecule has 4 amide bonds. The number of aryl methyl sites for hydroxylation is 1. The van der Waals surface area contributed by atoms with Crippen molar-refractivity contribution in [2.45, 2.75) is 50.8 Å². The van der Waals surface area contributed by atoms with E-state index in [2.05, 4.69) is 0 Å². The van der Waals surface area contributed by atoms with Gasteiger partial charge in [-0.05, 0) is 101 Å². The van der Waals surface area contributed by atoms with Gasteiger partial charge in [-0.1, -0.05) is 75.7 Å². The van der Waals surface area contributed by atoms with Gasteiger partial charge in [-0.15, -0.1) is 0 Å². The number of aliphatic hydroxyl groups is 1. The van der Waals surface area contributed by atoms with Crippen LogP contribution in [0, 0.1) is 0 Å². The predicted octanol–water partition coefficient (Wildman–Crippen LogP) is 10.4. The van der Waals surface area contributed by atoms with Crippen molar-refractivity contribution in [2.24, 2.45) is 0 Å². The minimum absolute atomic E-state index is 0.00378. The Bertz CT molecular complexity index is 3420. The largest absolute Gasteiger partial charge is 0.457 e. The van der Waals surface area contributed by atoms with E-state index < -0.39 is 33.7 Å². The molecule has 2 heterocycles. The average Bonchev–Trinajstić information content (AvgIpc) is 3.28. The Morgan fingerprint density at radius 1 is 0.609 bits per heavy atom. The Kier molecular flexibility index (Phi) is 9.74. The molecule has 8 aromatic carbocycles. The van der Waals surface area contributed by atoms with Crippen molar-refractivity contribution in [3.05, 3.63) is 143 Å². The number of fused-ring (bicyclic) bond motifs is 2. The van der Waals surface area contributed by atoms with E-state index in [0.29, 0.717) is 60.9 Å². The monoisotopic (exact) mass is 872 g/mol. The van der Waals surface area contributed by atoms with E-state index >= 15 is 9.59 Å². The molecule has 2 aliphatic heterocycles. The number of hydrogen-bond acceptors (Lipinski definition) is 9. The van der Waals surface area contributed by atoms with Crippen molar-refractivity contribution < 1.29 is 46.7 Å². The lowest BCUT2D eigenvalue weighted by Crippen LogP contribution is -2.41. The summed E-state index contributed by atoms with van der Waals surface area (Å²) >= 11 is 0. The fourth-order valence-corrected chi connectivity index (χ4v) is 9.96. The minimum atomic E-state index is -4.53. The van der Waals surface area contributed by atoms with Crippen LogP contribution in [0.15, 0.2) is 114 Å². The quantitative estimate of drug-likeness (QED) is 0.0522. The Morgan fingerprint density at radius 3 is 1.72 bits per heavy atom. The van der Waals surface area contributed by atoms with Gasteiger partial charge in [-0.3, -0.25) is 28.6 Å². The van der Waals surface area contributed by atoms with Gasteiger partial charge in [0.2, 0.25) is 0 Å². The molecule has 13 heteroatoms. The maximum absolute atomic E-state index is 15.3. The number of nitrogens with zero attached hydrogens (tertiary/aromatic N) is 2. The third-order valence-electron chi connectivity index (χ3n) is 12.2. The number of aliphatic hydroxyl groups excluding tert-OH is 1. The van der Waals surface area contributed by atoms with Gasteiger partial charge in [0.15, 0.2) is 0 Å². The highest BCUT2D eigenvalue weighted by Gasteiger charge is 2.40. The molecule has 0 saturated heterocycles. The van der Waals surface area contributed by atoms with Crippen molar-refractivity contribution in [3.8, 4) is 23.0 Å². The number of amides is 4. The number of anilines is 1. The summed E-state index contributed by atoms with van der Waals surface area (Å²) in [5.41, 5.74) is 3.19. The first kappa shape index (κ1) is 40.9. The Labute approximate surface area is 367 Å². The van der Waals surface area contributed by atoms with Crippen LogP contribution in [0.3, 0.4) is 0 Å². The first-order valence-corrected chi connectivity index (χ1v) is 22.5. The second-order valence-electron chi connectivity index (χ2n) is 16.4. The van der Waals surface area contributed by atoms with Crippen molar-refractivity contribution in [1.29, 1.82) is 0 Å². The summed E-state index contributed by atoms with van der Waals surface area (Å²) < 4.78 is 47.0. The van der Waals surface area contributed by atoms with E-state index in [1.54, 1.807) is 48.5 Å². The number of hydrogen-bond donors (Lipinski definition) is 2. The SMILES string of the molecule is CCCc1cccc(C(C)C)c1N1C(=O)c2ccc3c4c(Oc5ccccc5)cc5c6c(ccc(c7c(Oc8ccc(S(=O)(=O)O)cc8)cc(c2c37)C1=O)c64)C(=O)N(CCCO)C5=O. The zero-order valence-electron chi connectivity index (χ0n) is 35.0. The summed E-state index contributed by atoms with van der Waals surface area (Å²) in [7, 11) is -4.53. The normalized spacial score (nSPS) is 14.0. The van der Waals surface area contributed by atoms with Gasteiger partial charge in [0.25, 0.3) is 33.7 Å². The standard InChI is InChI=1S/C51H40N2O10S/c1-4-10-28-11-8-14-32(27(2)3)47(28)53-50(57)36-22-20-34-43-39(62-29-12-6-5-7-13-29)25-37-41-35(48(55)52(49(37)56)23-9-24-54)21-19-33(45(41)43)44-40(26-38(51(53)58)42(36)46(34)44)63-30-15-17-31(18-16-30)64(59,60)61/h5-8,11-22,25-27,54H,4,9-10,23-24H2,1-3H3,(H,59,60,61). The van der Waals surface area contributed by atoms with Crippen LogP contribution in [0.5, 0.6) is 23.0 Å². The highest BCUT2D eigenvalue weighted by molar-refractivity contribution is 7.85. The minimum Gasteiger partial charge on any atom is -0.457 e. The van der Waals surface area contributed by atoms with E-state index in [0.717, 1.165) is 22.4 Å². The second kappa shape index (κ2) is 15.3. The Hall–Kier alpha value is -7.19. The number of ether oxygens (including phenoxy) is 2. The van der Waals surface area contributed by atoms with Crippen LogP contribution in [0.25, 0.3) is 43.1 Å². The summed E-state index contributed by atoms with van der Waals surface area (Å²) in [6.07, 6.45) is 1.58. The van der Waals surface area contributed by atoms with Crippen LogP contribution in [0.4, 0.5) is 5.69 Å². The van der Waals surface area contributed by atoms with Gasteiger partial charge in [0, 0.05) is 56.6 Å². The van der Waals surface area contributed by atoms with Gasteiger partial charge >= 0.3 is 0 Å². The lowest BCUT2D eigenvalue weighted by atomic mass is 9.81. The molecule has 0 aliphatic carbocycles. The molecule has 0 radical (unpaired) electrons. The van der Waals surface area contributed by atoms with Gasteiger partial charge in [0.1, 0.15) is 23.0 Å². The van der Waals surface area contributed by atoms with Crippen molar-refractivity contribution in [1.82, 2.24) is 4.90 Å². The number of carbonyl (C=O) groups excluding carboxylic acids is 4. The third kappa shape index (κ3) is 6.21. The topological polar surface area (TPSA) is 168 Å². The fourth-order valence-electron chi connectivity index (χ4n) is 9.48. The highest BCUT2D eigenvalue weighted by Crippen LogP contribution is 2.53. The number of carbonyl (C=O) groups is 4. The summed E-state index contributed by atoms with van der Waals surface area (Å²) in [6.45, 7) is 5.84. The molecule has 0 aromatic heterocycles. The lowest BCUT2D eigenvalue weighted by Gasteiger charge is -2.33. The molecular weight excluding hydrogens is 833 g/mol. The van der Waals surface area contributed by atoms with Crippen LogP contribution in [-0.4, -0.2) is 59.8 Å². The molecule has 0 fully saturated rings. The van der Waals surface area contributed by atoms with Crippen LogP contribution in [0.2, 0.25) is 0 Å². The van der Waals surface area contributed by atoms with Gasteiger partial charge in [0.05, 0.1) is 21.7 Å². The van der Waals surface area contributed by atoms with E-state index in [1.165, 1.54) is 29.2 Å². The average molecular weight is 873 g/mol. The number of rotatable bonds is 12. The molecular formula is C51H40N2O10S. The molecule has 0 spiro atoms. The number of benzene rings is 8. The molecule has 0 bridgehead atoms. The number of para-hydroxylation sites is 2. The van der Waals surface area contributed by atoms with Crippen LogP contribution in [-0.2, 0) is 16.5 Å². The summed E-state index contributed by atoms with van der Waals surface area (Å²) in [5.74, 6) is -1.06. The molecule has 0 unspecified atom stereocenters. The van der Waals surface area contributed by atoms with E-state index in [1.807, 2.05) is 57.2 Å². The van der Waals surface area contributed by atoms with Crippen LogP contribution < -0.4 is 14.4 Å². The zero-order chi connectivity index (χ0) is 44.8. The maximum Gasteiger partial charge on any atom is 0.294 e. The molecule has 64 heavy (non-hydrogen) atoms. The molecule has 2 N–H and O–H groups in total. The van der Waals surface area contributed by atoms with E-state index in [4.69, 9.17) is 9.47 Å². The zero-order valence-corrected chi connectivity index (χ0v) is 35.8. The van der Waals surface area contributed by atoms with Crippen LogP contribution in [0.1, 0.15) is 92.1 Å².